The van der Waals surface area contributed by atoms with Crippen molar-refractivity contribution in [3.63, 3.8) is 0 Å². The van der Waals surface area contributed by atoms with Crippen LogP contribution in [-0.4, -0.2) is 21.9 Å². The molecule has 1 atom stereocenters. The van der Waals surface area contributed by atoms with Gasteiger partial charge in [0.1, 0.15) is 6.29 Å². The topological polar surface area (TPSA) is 59.3 Å². The molecule has 1 aromatic heterocycles. The van der Waals surface area contributed by atoms with Crippen molar-refractivity contribution in [1.29, 1.82) is 0 Å². The maximum absolute atomic E-state index is 10.9. The average molecular weight is 237 g/mol. The van der Waals surface area contributed by atoms with E-state index < -0.39 is 11.9 Å². The molecule has 0 aliphatic rings. The molecule has 0 saturated heterocycles. The highest BCUT2D eigenvalue weighted by atomic mass is 16.4. The van der Waals surface area contributed by atoms with Crippen LogP contribution in [0.25, 0.3) is 0 Å². The summed E-state index contributed by atoms with van der Waals surface area (Å²) >= 11 is 0. The van der Waals surface area contributed by atoms with Gasteiger partial charge < -0.3 is 14.5 Å². The number of nitrogens with zero attached hydrogens (tertiary/aromatic N) is 1. The second-order valence-electron chi connectivity index (χ2n) is 4.20. The van der Waals surface area contributed by atoms with Crippen molar-refractivity contribution in [1.82, 2.24) is 4.57 Å². The number of carbonyl (C=O) groups excluding carboxylic acids is 1. The zero-order valence-corrected chi connectivity index (χ0v) is 10.1. The Kier molecular flexibility index (Phi) is 5.46. The molecule has 0 spiro atoms. The molecule has 4 nitrogen and oxygen atoms in total. The molecule has 0 fully saturated rings. The van der Waals surface area contributed by atoms with Crippen LogP contribution in [0, 0.1) is 0 Å². The van der Waals surface area contributed by atoms with E-state index in [9.17, 15) is 9.59 Å². The smallest absolute Gasteiger partial charge is 0.312 e. The molecule has 17 heavy (non-hydrogen) atoms. The van der Waals surface area contributed by atoms with E-state index in [-0.39, 0.29) is 0 Å². The Bertz CT molecular complexity index is 370. The number of aryl methyl sites for hydroxylation is 1. The van der Waals surface area contributed by atoms with Gasteiger partial charge in [-0.2, -0.15) is 0 Å². The molecule has 0 bridgehead atoms. The summed E-state index contributed by atoms with van der Waals surface area (Å²) in [5.74, 6) is -1.27. The van der Waals surface area contributed by atoms with Gasteiger partial charge in [0, 0.05) is 24.9 Å². The summed E-state index contributed by atoms with van der Waals surface area (Å²) in [6.45, 7) is 2.51. The number of carboxylic acids is 1. The Morgan fingerprint density at radius 1 is 1.47 bits per heavy atom. The Balaban J connectivity index is 2.46. The first-order valence-electron chi connectivity index (χ1n) is 5.98. The molecule has 0 radical (unpaired) electrons. The van der Waals surface area contributed by atoms with Gasteiger partial charge in [-0.15, -0.1) is 0 Å². The van der Waals surface area contributed by atoms with E-state index in [1.807, 2.05) is 22.9 Å². The highest BCUT2D eigenvalue weighted by Gasteiger charge is 2.16. The molecular formula is C13H19NO3. The molecule has 0 saturated carbocycles. The quantitative estimate of drug-likeness (QED) is 0.558. The summed E-state index contributed by atoms with van der Waals surface area (Å²) in [6, 6.07) is 3.73. The van der Waals surface area contributed by atoms with Crippen LogP contribution in [0.3, 0.4) is 0 Å². The molecule has 0 amide bonds. The number of carbonyl (C=O) groups is 2. The molecule has 0 aliphatic carbocycles. The monoisotopic (exact) mass is 237 g/mol. The number of carboxylic acid groups (broad SMARTS) is 1. The Labute approximate surface area is 101 Å². The third-order valence-electron chi connectivity index (χ3n) is 2.90. The summed E-state index contributed by atoms with van der Waals surface area (Å²) in [6.07, 6.45) is 6.35. The fourth-order valence-corrected chi connectivity index (χ4v) is 1.84. The van der Waals surface area contributed by atoms with Crippen LogP contribution in [-0.2, 0) is 16.1 Å². The maximum Gasteiger partial charge on any atom is 0.312 e. The first-order chi connectivity index (χ1) is 8.16. The molecule has 4 heteroatoms. The highest BCUT2D eigenvalue weighted by Crippen LogP contribution is 2.17. The van der Waals surface area contributed by atoms with E-state index in [2.05, 4.69) is 0 Å². The molecule has 1 heterocycles. The summed E-state index contributed by atoms with van der Waals surface area (Å²) < 4.78 is 1.99. The van der Waals surface area contributed by atoms with Gasteiger partial charge in [-0.05, 0) is 31.9 Å². The normalized spacial score (nSPS) is 12.3. The van der Waals surface area contributed by atoms with Crippen molar-refractivity contribution in [3.05, 3.63) is 24.0 Å². The molecule has 0 aliphatic heterocycles. The largest absolute Gasteiger partial charge is 0.481 e. The first kappa shape index (κ1) is 13.5. The predicted octanol–water partition coefficient (Wildman–Crippen LogP) is 2.44. The molecule has 1 unspecified atom stereocenters. The third-order valence-corrected chi connectivity index (χ3v) is 2.90. The second kappa shape index (κ2) is 6.89. The van der Waals surface area contributed by atoms with Crippen molar-refractivity contribution in [2.24, 2.45) is 0 Å². The van der Waals surface area contributed by atoms with Crippen LogP contribution in [0.4, 0.5) is 0 Å². The van der Waals surface area contributed by atoms with Crippen LogP contribution in [0.15, 0.2) is 18.3 Å². The average Bonchev–Trinajstić information content (AvgIpc) is 2.76. The lowest BCUT2D eigenvalue weighted by Gasteiger charge is -2.12. The van der Waals surface area contributed by atoms with E-state index in [1.165, 1.54) is 0 Å². The predicted molar refractivity (Wildman–Crippen MR) is 65.0 cm³/mol. The van der Waals surface area contributed by atoms with Crippen molar-refractivity contribution in [2.75, 3.05) is 0 Å². The van der Waals surface area contributed by atoms with Crippen molar-refractivity contribution >= 4 is 12.3 Å². The number of aliphatic carboxylic acids is 1. The van der Waals surface area contributed by atoms with E-state index >= 15 is 0 Å². The molecule has 94 valence electrons. The molecular weight excluding hydrogens is 218 g/mol. The second-order valence-corrected chi connectivity index (χ2v) is 4.20. The van der Waals surface area contributed by atoms with Gasteiger partial charge in [0.2, 0.25) is 0 Å². The van der Waals surface area contributed by atoms with Gasteiger partial charge in [0.25, 0.3) is 0 Å². The SMILES string of the molecule is CC(C(=O)O)c1cccn1CCCCCC=O. The number of unbranched alkanes of at least 4 members (excludes halogenated alkanes) is 3. The summed E-state index contributed by atoms with van der Waals surface area (Å²) in [7, 11) is 0. The van der Waals surface area contributed by atoms with Crippen LogP contribution >= 0.6 is 0 Å². The van der Waals surface area contributed by atoms with E-state index in [4.69, 9.17) is 5.11 Å². The van der Waals surface area contributed by atoms with E-state index in [0.29, 0.717) is 6.42 Å². The number of aldehydes is 1. The van der Waals surface area contributed by atoms with Crippen molar-refractivity contribution in [3.8, 4) is 0 Å². The van der Waals surface area contributed by atoms with Crippen molar-refractivity contribution in [2.45, 2.75) is 45.1 Å². The number of aromatic nitrogens is 1. The minimum Gasteiger partial charge on any atom is -0.481 e. The molecule has 1 N–H and O–H groups in total. The lowest BCUT2D eigenvalue weighted by molar-refractivity contribution is -0.138. The number of rotatable bonds is 8. The van der Waals surface area contributed by atoms with Crippen LogP contribution in [0.1, 0.15) is 44.2 Å². The first-order valence-corrected chi connectivity index (χ1v) is 5.98. The van der Waals surface area contributed by atoms with E-state index in [1.54, 1.807) is 6.92 Å². The molecule has 1 aromatic rings. The third kappa shape index (κ3) is 4.06. The van der Waals surface area contributed by atoms with Crippen LogP contribution in [0.2, 0.25) is 0 Å². The summed E-state index contributed by atoms with van der Waals surface area (Å²) in [5, 5.41) is 8.97. The van der Waals surface area contributed by atoms with Crippen molar-refractivity contribution < 1.29 is 14.7 Å². The number of hydrogen-bond acceptors (Lipinski definition) is 2. The lowest BCUT2D eigenvalue weighted by atomic mass is 10.1. The minimum atomic E-state index is -0.800. The zero-order valence-electron chi connectivity index (χ0n) is 10.1. The lowest BCUT2D eigenvalue weighted by Crippen LogP contribution is -2.13. The highest BCUT2D eigenvalue weighted by molar-refractivity contribution is 5.74. The Morgan fingerprint density at radius 2 is 2.24 bits per heavy atom. The van der Waals surface area contributed by atoms with Gasteiger partial charge in [0.05, 0.1) is 5.92 Å². The van der Waals surface area contributed by atoms with Gasteiger partial charge in [0.15, 0.2) is 0 Å². The van der Waals surface area contributed by atoms with Gasteiger partial charge in [-0.3, -0.25) is 4.79 Å². The maximum atomic E-state index is 10.9. The molecule has 1 rings (SSSR count). The van der Waals surface area contributed by atoms with Gasteiger partial charge in [-0.1, -0.05) is 6.42 Å². The van der Waals surface area contributed by atoms with Crippen LogP contribution < -0.4 is 0 Å². The Morgan fingerprint density at radius 3 is 2.88 bits per heavy atom. The molecule has 0 aromatic carbocycles. The fraction of sp³-hybridized carbons (Fsp3) is 0.538. The summed E-state index contributed by atoms with van der Waals surface area (Å²) in [5.41, 5.74) is 0.841. The van der Waals surface area contributed by atoms with E-state index in [0.717, 1.165) is 37.8 Å². The zero-order chi connectivity index (χ0) is 12.7. The van der Waals surface area contributed by atoms with Crippen LogP contribution in [0.5, 0.6) is 0 Å². The Hall–Kier alpha value is -1.58. The fourth-order valence-electron chi connectivity index (χ4n) is 1.84. The van der Waals surface area contributed by atoms with Gasteiger partial charge in [-0.25, -0.2) is 0 Å². The number of hydrogen-bond donors (Lipinski definition) is 1. The standard InChI is InChI=1S/C13H19NO3/c1-11(13(16)17)12-7-6-9-14(12)8-4-2-3-5-10-15/h6-7,9-11H,2-5,8H2,1H3,(H,16,17). The minimum absolute atomic E-state index is 0.472. The summed E-state index contributed by atoms with van der Waals surface area (Å²) in [4.78, 5) is 21.1. The van der Waals surface area contributed by atoms with Gasteiger partial charge >= 0.3 is 5.97 Å².